The zero-order valence-corrected chi connectivity index (χ0v) is 42.4. The normalized spacial score (nSPS) is 25.9. The van der Waals surface area contributed by atoms with Gasteiger partial charge in [-0.25, -0.2) is 9.18 Å². The van der Waals surface area contributed by atoms with E-state index in [0.29, 0.717) is 84.5 Å². The van der Waals surface area contributed by atoms with Gasteiger partial charge in [0, 0.05) is 72.8 Å². The Hall–Kier alpha value is -6.43. The van der Waals surface area contributed by atoms with E-state index in [1.807, 2.05) is 29.2 Å². The molecule has 4 aromatic carbocycles. The van der Waals surface area contributed by atoms with Crippen LogP contribution in [0.4, 0.5) is 15.8 Å². The van der Waals surface area contributed by atoms with Gasteiger partial charge in [0.05, 0.1) is 33.6 Å². The predicted octanol–water partition coefficient (Wildman–Crippen LogP) is 8.31. The van der Waals surface area contributed by atoms with Crippen molar-refractivity contribution in [3.63, 3.8) is 0 Å². The van der Waals surface area contributed by atoms with Crippen LogP contribution >= 0.6 is 23.2 Å². The third-order valence-corrected chi connectivity index (χ3v) is 17.9. The summed E-state index contributed by atoms with van der Waals surface area (Å²) in [4.78, 5) is 98.1. The molecule has 3 saturated heterocycles. The standard InChI is InChI=1S/C55H57Cl2FN8O8/c1-62-44-28-34(12-19-42(44)65(53(62)72)43-20-21-45(67)64(51(43)70)30-31-8-16-37(17-9-31)66(73)74)32-22-26-63(27-23-32)50(69)33-10-14-36(15-11-33)59-49(68)48-46(38-6-5-7-40(57)47(38)58)55(54(61-48)24-3-2-4-25-54)39-18-13-35(56)29-41(39)60-52(55)71/h5-9,12-13,16-19,28-29,32-33,36,43,46,48,61H,2-4,10-11,14-15,20-27,30H2,1H3,(H,59,68)(H,60,71)/t33?,36?,43?,46-,48+,55+/m0/s1. The minimum Gasteiger partial charge on any atom is -0.352 e. The first-order chi connectivity index (χ1) is 35.6. The molecular formula is C55H57Cl2FN8O8. The number of anilines is 1. The van der Waals surface area contributed by atoms with Gasteiger partial charge < -0.3 is 15.5 Å². The maximum Gasteiger partial charge on any atom is 0.329 e. The molecule has 2 saturated carbocycles. The summed E-state index contributed by atoms with van der Waals surface area (Å²) in [6.07, 6.45) is 7.89. The second kappa shape index (κ2) is 19.4. The Morgan fingerprint density at radius 3 is 2.31 bits per heavy atom. The average molecular weight is 1050 g/mol. The molecule has 5 aromatic rings. The molecule has 4 aliphatic heterocycles. The summed E-state index contributed by atoms with van der Waals surface area (Å²) in [6, 6.07) is 19.4. The molecule has 1 unspecified atom stereocenters. The molecular weight excluding hydrogens is 991 g/mol. The first-order valence-electron chi connectivity index (χ1n) is 25.8. The monoisotopic (exact) mass is 1050 g/mol. The molecule has 16 nitrogen and oxygen atoms in total. The fourth-order valence-corrected chi connectivity index (χ4v) is 14.1. The fourth-order valence-electron chi connectivity index (χ4n) is 13.8. The minimum absolute atomic E-state index is 0.0589. The van der Waals surface area contributed by atoms with Gasteiger partial charge in [0.25, 0.3) is 11.6 Å². The van der Waals surface area contributed by atoms with Crippen LogP contribution in [-0.4, -0.2) is 84.1 Å². The molecule has 3 N–H and O–H groups in total. The maximum absolute atomic E-state index is 16.4. The van der Waals surface area contributed by atoms with Crippen LogP contribution in [0.25, 0.3) is 11.0 Å². The lowest BCUT2D eigenvalue weighted by Gasteiger charge is -2.47. The van der Waals surface area contributed by atoms with Crippen molar-refractivity contribution in [3.05, 3.63) is 138 Å². The highest BCUT2D eigenvalue weighted by Crippen LogP contribution is 2.63. The van der Waals surface area contributed by atoms with Crippen molar-refractivity contribution in [1.29, 1.82) is 0 Å². The Labute approximate surface area is 436 Å². The van der Waals surface area contributed by atoms with Crippen LogP contribution in [0.5, 0.6) is 0 Å². The Kier molecular flexibility index (Phi) is 13.0. The van der Waals surface area contributed by atoms with Gasteiger partial charge in [0.15, 0.2) is 0 Å². The van der Waals surface area contributed by atoms with E-state index in [1.54, 1.807) is 31.3 Å². The Bertz CT molecular complexity index is 3190. The van der Waals surface area contributed by atoms with Crippen LogP contribution in [0.3, 0.4) is 0 Å². The molecule has 5 heterocycles. The van der Waals surface area contributed by atoms with Gasteiger partial charge in [0.1, 0.15) is 17.3 Å². The number of nitro benzene ring substituents is 1. The second-order valence-electron chi connectivity index (χ2n) is 21.3. The number of imide groups is 1. The summed E-state index contributed by atoms with van der Waals surface area (Å²) in [7, 11) is 1.66. The number of aryl methyl sites for hydroxylation is 1. The Morgan fingerprint density at radius 1 is 0.865 bits per heavy atom. The minimum atomic E-state index is -1.33. The molecule has 19 heteroatoms. The molecule has 4 atom stereocenters. The highest BCUT2D eigenvalue weighted by Gasteiger charge is 2.72. The summed E-state index contributed by atoms with van der Waals surface area (Å²) in [5.74, 6) is -3.06. The highest BCUT2D eigenvalue weighted by atomic mass is 35.5. The molecule has 0 bridgehead atoms. The third-order valence-electron chi connectivity index (χ3n) is 17.4. The first-order valence-corrected chi connectivity index (χ1v) is 26.6. The van der Waals surface area contributed by atoms with Gasteiger partial charge >= 0.3 is 5.69 Å². The van der Waals surface area contributed by atoms with Crippen molar-refractivity contribution in [2.75, 3.05) is 18.4 Å². The molecule has 2 aliphatic carbocycles. The number of imidazole rings is 1. The van der Waals surface area contributed by atoms with E-state index in [9.17, 15) is 38.9 Å². The Morgan fingerprint density at radius 2 is 1.59 bits per heavy atom. The number of fused-ring (bicyclic) bond motifs is 4. The fraction of sp³-hybridized carbons (Fsp3) is 0.455. The molecule has 5 fully saturated rings. The second-order valence-corrected chi connectivity index (χ2v) is 22.1. The molecule has 1 aromatic heterocycles. The first kappa shape index (κ1) is 49.8. The van der Waals surface area contributed by atoms with E-state index < -0.39 is 45.6 Å². The zero-order chi connectivity index (χ0) is 51.8. The molecule has 0 radical (unpaired) electrons. The lowest BCUT2D eigenvalue weighted by atomic mass is 9.55. The van der Waals surface area contributed by atoms with Crippen molar-refractivity contribution in [1.82, 2.24) is 29.6 Å². The number of halogens is 3. The van der Waals surface area contributed by atoms with Crippen molar-refractivity contribution in [2.45, 2.75) is 131 Å². The molecule has 11 rings (SSSR count). The van der Waals surface area contributed by atoms with E-state index in [4.69, 9.17) is 23.2 Å². The summed E-state index contributed by atoms with van der Waals surface area (Å²) in [5.41, 5.74) is 1.60. The number of nitrogens with zero attached hydrogens (tertiary/aromatic N) is 5. The average Bonchev–Trinajstić information content (AvgIpc) is 3.96. The van der Waals surface area contributed by atoms with E-state index in [1.165, 1.54) is 39.5 Å². The summed E-state index contributed by atoms with van der Waals surface area (Å²) in [6.45, 7) is 1.06. The van der Waals surface area contributed by atoms with Crippen LogP contribution in [-0.2, 0) is 43.0 Å². The number of nitro groups is 1. The summed E-state index contributed by atoms with van der Waals surface area (Å²) in [5, 5.41) is 21.6. The summed E-state index contributed by atoms with van der Waals surface area (Å²) < 4.78 is 19.4. The SMILES string of the molecule is Cn1c(=O)n(C2CCC(=O)N(Cc3ccc([N+](=O)[O-])cc3)C2=O)c2ccc(C3CCN(C(=O)C4CCC(NC(=O)[C@@H]5NC6(CCCCC6)[C@@]6(C(=O)Nc7cc(Cl)ccc76)[C@H]5c5cccc(Cl)c5F)CC4)CC3)cc21. The van der Waals surface area contributed by atoms with Gasteiger partial charge in [-0.15, -0.1) is 0 Å². The number of amides is 5. The zero-order valence-electron chi connectivity index (χ0n) is 40.9. The highest BCUT2D eigenvalue weighted by molar-refractivity contribution is 6.31. The maximum atomic E-state index is 16.4. The van der Waals surface area contributed by atoms with E-state index in [0.717, 1.165) is 42.6 Å². The lowest BCUT2D eigenvalue weighted by Crippen LogP contribution is -2.60. The molecule has 386 valence electrons. The van der Waals surface area contributed by atoms with Crippen molar-refractivity contribution < 1.29 is 33.3 Å². The largest absolute Gasteiger partial charge is 0.352 e. The van der Waals surface area contributed by atoms with Crippen molar-refractivity contribution in [2.24, 2.45) is 13.0 Å². The van der Waals surface area contributed by atoms with Crippen molar-refractivity contribution in [3.8, 4) is 0 Å². The van der Waals surface area contributed by atoms with Gasteiger partial charge in [-0.1, -0.05) is 78.9 Å². The van der Waals surface area contributed by atoms with Crippen LogP contribution in [0.15, 0.2) is 83.7 Å². The number of aromatic nitrogens is 2. The number of benzene rings is 4. The van der Waals surface area contributed by atoms with Gasteiger partial charge in [-0.05, 0) is 116 Å². The van der Waals surface area contributed by atoms with Gasteiger partial charge in [-0.2, -0.15) is 0 Å². The quantitative estimate of drug-likeness (QED) is 0.0739. The van der Waals surface area contributed by atoms with E-state index in [2.05, 4.69) is 16.0 Å². The van der Waals surface area contributed by atoms with Crippen LogP contribution in [0.2, 0.25) is 10.0 Å². The van der Waals surface area contributed by atoms with Gasteiger partial charge in [0.2, 0.25) is 23.6 Å². The summed E-state index contributed by atoms with van der Waals surface area (Å²) >= 11 is 12.9. The molecule has 6 aliphatic rings. The van der Waals surface area contributed by atoms with Crippen LogP contribution in [0.1, 0.15) is 124 Å². The molecule has 5 amide bonds. The number of piperidine rings is 2. The molecule has 2 spiro atoms. The molecule has 74 heavy (non-hydrogen) atoms. The number of nitrogens with one attached hydrogen (secondary N) is 3. The van der Waals surface area contributed by atoms with Crippen LogP contribution < -0.4 is 21.6 Å². The lowest BCUT2D eigenvalue weighted by molar-refractivity contribution is -0.384. The van der Waals surface area contributed by atoms with Crippen LogP contribution in [0, 0.1) is 21.8 Å². The van der Waals surface area contributed by atoms with E-state index in [-0.39, 0.29) is 82.9 Å². The predicted molar refractivity (Wildman–Crippen MR) is 275 cm³/mol. The topological polar surface area (TPSA) is 198 Å². The number of non-ortho nitro benzene ring substituents is 1. The van der Waals surface area contributed by atoms with E-state index >= 15 is 4.39 Å². The number of carbonyl (C=O) groups is 5. The number of hydrogen-bond donors (Lipinski definition) is 3. The van der Waals surface area contributed by atoms with Crippen molar-refractivity contribution >= 4 is 75.1 Å². The third kappa shape index (κ3) is 8.20. The number of likely N-dealkylation sites (tertiary alicyclic amines) is 2. The Balaban J connectivity index is 0.740. The van der Waals surface area contributed by atoms with Gasteiger partial charge in [-0.3, -0.25) is 53.4 Å². The smallest absolute Gasteiger partial charge is 0.329 e. The number of hydrogen-bond acceptors (Lipinski definition) is 9. The number of rotatable bonds is 9. The number of carbonyl (C=O) groups excluding carboxylic acids is 5.